The number of nitrogens with zero attached hydrogens (tertiary/aromatic N) is 2. The van der Waals surface area contributed by atoms with E-state index in [1.807, 2.05) is 6.07 Å². The highest BCUT2D eigenvalue weighted by atomic mass is 19.1. The molecule has 0 bridgehead atoms. The quantitative estimate of drug-likeness (QED) is 0.519. The van der Waals surface area contributed by atoms with Crippen LogP contribution in [0, 0.1) is 11.7 Å². The molecule has 0 radical (unpaired) electrons. The molecule has 2 aliphatic rings. The SMILES string of the molecule is O=C1CCCN1c1ccc(-c2cccc(-c3cc(CCC4CCCNCC4)no3)c2O)cc1F. The van der Waals surface area contributed by atoms with Gasteiger partial charge in [-0.1, -0.05) is 23.4 Å². The molecule has 1 atom stereocenters. The fourth-order valence-electron chi connectivity index (χ4n) is 5.06. The van der Waals surface area contributed by atoms with E-state index in [4.69, 9.17) is 4.52 Å². The highest BCUT2D eigenvalue weighted by molar-refractivity contribution is 5.95. The number of aromatic nitrogens is 1. The molecule has 3 heterocycles. The average molecular weight is 464 g/mol. The highest BCUT2D eigenvalue weighted by Crippen LogP contribution is 2.39. The van der Waals surface area contributed by atoms with Crippen LogP contribution in [-0.2, 0) is 11.2 Å². The number of phenolic OH excluding ortho intramolecular Hbond substituents is 1. The number of carbonyl (C=O) groups is 1. The molecule has 2 N–H and O–H groups in total. The summed E-state index contributed by atoms with van der Waals surface area (Å²) in [6.45, 7) is 2.70. The van der Waals surface area contributed by atoms with Gasteiger partial charge in [-0.2, -0.15) is 0 Å². The van der Waals surface area contributed by atoms with Crippen molar-refractivity contribution in [3.63, 3.8) is 0 Å². The number of benzene rings is 2. The minimum absolute atomic E-state index is 0.0180. The summed E-state index contributed by atoms with van der Waals surface area (Å²) in [7, 11) is 0. The van der Waals surface area contributed by atoms with Gasteiger partial charge in [0.2, 0.25) is 5.91 Å². The van der Waals surface area contributed by atoms with Crippen LogP contribution in [-0.4, -0.2) is 35.8 Å². The molecular weight excluding hydrogens is 433 g/mol. The summed E-state index contributed by atoms with van der Waals surface area (Å²) in [6.07, 6.45) is 6.74. The Morgan fingerprint density at radius 2 is 2.00 bits per heavy atom. The van der Waals surface area contributed by atoms with Crippen molar-refractivity contribution in [3.05, 3.63) is 54.0 Å². The van der Waals surface area contributed by atoms with E-state index in [1.165, 1.54) is 30.2 Å². The van der Waals surface area contributed by atoms with Crippen LogP contribution in [0.1, 0.15) is 44.2 Å². The number of aryl methyl sites for hydroxylation is 1. The molecule has 178 valence electrons. The van der Waals surface area contributed by atoms with Gasteiger partial charge in [0.15, 0.2) is 5.76 Å². The van der Waals surface area contributed by atoms with Crippen LogP contribution in [0.3, 0.4) is 0 Å². The van der Waals surface area contributed by atoms with Gasteiger partial charge in [0, 0.05) is 24.6 Å². The van der Waals surface area contributed by atoms with Crippen molar-refractivity contribution < 1.29 is 18.8 Å². The molecule has 0 spiro atoms. The molecule has 6 nitrogen and oxygen atoms in total. The largest absolute Gasteiger partial charge is 0.507 e. The fraction of sp³-hybridized carbons (Fsp3) is 0.407. The molecule has 1 aromatic heterocycles. The summed E-state index contributed by atoms with van der Waals surface area (Å²) >= 11 is 0. The number of amides is 1. The number of aromatic hydroxyl groups is 1. The van der Waals surface area contributed by atoms with Crippen molar-refractivity contribution in [2.75, 3.05) is 24.5 Å². The number of carbonyl (C=O) groups excluding carboxylic acids is 1. The van der Waals surface area contributed by atoms with Gasteiger partial charge < -0.3 is 19.8 Å². The van der Waals surface area contributed by atoms with E-state index >= 15 is 0 Å². The first kappa shape index (κ1) is 22.6. The molecule has 34 heavy (non-hydrogen) atoms. The van der Waals surface area contributed by atoms with Gasteiger partial charge in [-0.05, 0) is 81.3 Å². The van der Waals surface area contributed by atoms with Gasteiger partial charge in [0.1, 0.15) is 11.6 Å². The van der Waals surface area contributed by atoms with Crippen LogP contribution < -0.4 is 10.2 Å². The Hall–Kier alpha value is -3.19. The zero-order chi connectivity index (χ0) is 23.5. The second-order valence-corrected chi connectivity index (χ2v) is 9.28. The predicted molar refractivity (Wildman–Crippen MR) is 129 cm³/mol. The molecule has 2 fully saturated rings. The normalized spacial score (nSPS) is 18.9. The summed E-state index contributed by atoms with van der Waals surface area (Å²) in [4.78, 5) is 13.5. The van der Waals surface area contributed by atoms with Crippen LogP contribution in [0.25, 0.3) is 22.5 Å². The number of rotatable bonds is 6. The molecule has 3 aromatic rings. The Morgan fingerprint density at radius 1 is 1.12 bits per heavy atom. The van der Waals surface area contributed by atoms with E-state index in [0.717, 1.165) is 38.0 Å². The number of hydrogen-bond donors (Lipinski definition) is 2. The van der Waals surface area contributed by atoms with Crippen LogP contribution in [0.2, 0.25) is 0 Å². The second-order valence-electron chi connectivity index (χ2n) is 9.28. The summed E-state index contributed by atoms with van der Waals surface area (Å²) in [6, 6.07) is 11.9. The van der Waals surface area contributed by atoms with E-state index in [0.29, 0.717) is 41.3 Å². The fourth-order valence-corrected chi connectivity index (χ4v) is 5.06. The van der Waals surface area contributed by atoms with Crippen molar-refractivity contribution in [2.45, 2.75) is 44.9 Å². The number of phenols is 1. The number of nitrogens with one attached hydrogen (secondary N) is 1. The van der Waals surface area contributed by atoms with E-state index in [1.54, 1.807) is 30.3 Å². The van der Waals surface area contributed by atoms with Gasteiger partial charge in [0.05, 0.1) is 16.9 Å². The lowest BCUT2D eigenvalue weighted by Gasteiger charge is -2.17. The smallest absolute Gasteiger partial charge is 0.227 e. The molecule has 1 unspecified atom stereocenters. The number of anilines is 1. The van der Waals surface area contributed by atoms with Crippen LogP contribution in [0.15, 0.2) is 47.0 Å². The topological polar surface area (TPSA) is 78.6 Å². The molecule has 0 aliphatic carbocycles. The Balaban J connectivity index is 1.34. The lowest BCUT2D eigenvalue weighted by atomic mass is 9.94. The van der Waals surface area contributed by atoms with Gasteiger partial charge in [-0.3, -0.25) is 4.79 Å². The predicted octanol–water partition coefficient (Wildman–Crippen LogP) is 5.30. The summed E-state index contributed by atoms with van der Waals surface area (Å²) < 4.78 is 20.4. The van der Waals surface area contributed by atoms with Gasteiger partial charge in [-0.25, -0.2) is 4.39 Å². The summed E-state index contributed by atoms with van der Waals surface area (Å²) in [5, 5.41) is 18.7. The third-order valence-corrected chi connectivity index (χ3v) is 6.99. The Labute approximate surface area is 198 Å². The Bertz CT molecular complexity index is 1170. The standard InChI is InChI=1S/C27H30FN3O3/c28-23-16-19(9-11-24(23)31-15-3-7-26(31)32)21-5-1-6-22(27(21)33)25-17-20(30-34-25)10-8-18-4-2-13-29-14-12-18/h1,5-6,9,11,16-18,29,33H,2-4,7-8,10,12-15H2. The van der Waals surface area contributed by atoms with E-state index < -0.39 is 5.82 Å². The molecule has 5 rings (SSSR count). The molecule has 2 saturated heterocycles. The van der Waals surface area contributed by atoms with Gasteiger partial charge in [0.25, 0.3) is 0 Å². The van der Waals surface area contributed by atoms with Crippen LogP contribution >= 0.6 is 0 Å². The first-order valence-electron chi connectivity index (χ1n) is 12.2. The number of hydrogen-bond acceptors (Lipinski definition) is 5. The molecule has 2 aliphatic heterocycles. The highest BCUT2D eigenvalue weighted by Gasteiger charge is 2.25. The van der Waals surface area contributed by atoms with E-state index in [-0.39, 0.29) is 17.3 Å². The third kappa shape index (κ3) is 4.71. The number of halogens is 1. The van der Waals surface area contributed by atoms with Crippen molar-refractivity contribution in [2.24, 2.45) is 5.92 Å². The lowest BCUT2D eigenvalue weighted by Crippen LogP contribution is -2.24. The Morgan fingerprint density at radius 3 is 2.82 bits per heavy atom. The maximum atomic E-state index is 14.9. The maximum absolute atomic E-state index is 14.9. The molecule has 1 amide bonds. The van der Waals surface area contributed by atoms with Crippen LogP contribution in [0.5, 0.6) is 5.75 Å². The van der Waals surface area contributed by atoms with Crippen molar-refractivity contribution in [1.82, 2.24) is 10.5 Å². The minimum Gasteiger partial charge on any atom is -0.507 e. The molecular formula is C27H30FN3O3. The van der Waals surface area contributed by atoms with Crippen molar-refractivity contribution in [1.29, 1.82) is 0 Å². The monoisotopic (exact) mass is 463 g/mol. The van der Waals surface area contributed by atoms with Crippen molar-refractivity contribution >= 4 is 11.6 Å². The van der Waals surface area contributed by atoms with Crippen molar-refractivity contribution in [3.8, 4) is 28.2 Å². The maximum Gasteiger partial charge on any atom is 0.227 e. The minimum atomic E-state index is -0.479. The van der Waals surface area contributed by atoms with Gasteiger partial charge >= 0.3 is 0 Å². The Kier molecular flexibility index (Phi) is 6.63. The molecule has 2 aromatic carbocycles. The zero-order valence-electron chi connectivity index (χ0n) is 19.2. The second kappa shape index (κ2) is 9.97. The molecule has 0 saturated carbocycles. The summed E-state index contributed by atoms with van der Waals surface area (Å²) in [5.41, 5.74) is 2.72. The molecule has 7 heteroatoms. The van der Waals surface area contributed by atoms with E-state index in [2.05, 4.69) is 10.5 Å². The zero-order valence-corrected chi connectivity index (χ0v) is 19.2. The summed E-state index contributed by atoms with van der Waals surface area (Å²) in [5.74, 6) is 0.670. The lowest BCUT2D eigenvalue weighted by molar-refractivity contribution is -0.117. The van der Waals surface area contributed by atoms with Crippen LogP contribution in [0.4, 0.5) is 10.1 Å². The van der Waals surface area contributed by atoms with Gasteiger partial charge in [-0.15, -0.1) is 0 Å². The number of para-hydroxylation sites is 1. The first-order chi connectivity index (χ1) is 16.6. The average Bonchev–Trinajstić information content (AvgIpc) is 3.39. The third-order valence-electron chi connectivity index (χ3n) is 6.99. The first-order valence-corrected chi connectivity index (χ1v) is 12.2. The van der Waals surface area contributed by atoms with E-state index in [9.17, 15) is 14.3 Å².